The van der Waals surface area contributed by atoms with E-state index in [0.29, 0.717) is 48.9 Å². The lowest BCUT2D eigenvalue weighted by Gasteiger charge is -2.23. The Morgan fingerprint density at radius 2 is 1.85 bits per heavy atom. The molecule has 1 amide bonds. The highest BCUT2D eigenvalue weighted by Crippen LogP contribution is 2.32. The number of carbonyl (C=O) groups excluding carboxylic acids is 2. The topological polar surface area (TPSA) is 58.6 Å². The van der Waals surface area contributed by atoms with Gasteiger partial charge in [-0.15, -0.1) is 0 Å². The second kappa shape index (κ2) is 13.9. The number of benzene rings is 3. The fraction of sp³-hybridized carbons (Fsp3) is 0.375. The van der Waals surface area contributed by atoms with Crippen LogP contribution >= 0.6 is 11.8 Å². The van der Waals surface area contributed by atoms with E-state index in [1.165, 1.54) is 19.2 Å². The summed E-state index contributed by atoms with van der Waals surface area (Å²) in [6, 6.07) is 17.1. The highest BCUT2D eigenvalue weighted by atomic mass is 32.2. The molecule has 0 heterocycles. The molecule has 1 saturated carbocycles. The molecular formula is C32H36F2N2O3S. The fourth-order valence-corrected chi connectivity index (χ4v) is 5.37. The number of hydrogen-bond acceptors (Lipinski definition) is 5. The van der Waals surface area contributed by atoms with Gasteiger partial charge in [-0.2, -0.15) is 11.8 Å². The van der Waals surface area contributed by atoms with E-state index < -0.39 is 23.6 Å². The number of ether oxygens (including phenoxy) is 1. The van der Waals surface area contributed by atoms with Crippen molar-refractivity contribution in [2.75, 3.05) is 25.7 Å². The molecule has 0 unspecified atom stereocenters. The molecule has 0 radical (unpaired) electrons. The summed E-state index contributed by atoms with van der Waals surface area (Å²) in [6.45, 7) is 3.30. The molecule has 1 N–H and O–H groups in total. The van der Waals surface area contributed by atoms with Crippen molar-refractivity contribution in [3.05, 3.63) is 94.6 Å². The first kappa shape index (κ1) is 29.7. The van der Waals surface area contributed by atoms with Crippen molar-refractivity contribution in [3.63, 3.8) is 0 Å². The van der Waals surface area contributed by atoms with Gasteiger partial charge in [0.05, 0.1) is 7.11 Å². The molecule has 1 atom stereocenters. The van der Waals surface area contributed by atoms with Crippen LogP contribution in [0.3, 0.4) is 0 Å². The summed E-state index contributed by atoms with van der Waals surface area (Å²) in [5.41, 5.74) is 4.80. The fourth-order valence-electron chi connectivity index (χ4n) is 4.90. The Morgan fingerprint density at radius 3 is 2.52 bits per heavy atom. The number of halogens is 2. The number of amides is 1. The number of nitrogens with one attached hydrogen (secondary N) is 1. The van der Waals surface area contributed by atoms with Crippen LogP contribution in [-0.4, -0.2) is 54.5 Å². The Labute approximate surface area is 239 Å². The van der Waals surface area contributed by atoms with E-state index in [2.05, 4.69) is 10.2 Å². The monoisotopic (exact) mass is 566 g/mol. The third-order valence-corrected chi connectivity index (χ3v) is 7.94. The van der Waals surface area contributed by atoms with Crippen LogP contribution in [0.1, 0.15) is 46.3 Å². The lowest BCUT2D eigenvalue weighted by atomic mass is 9.93. The molecule has 8 heteroatoms. The third-order valence-electron chi connectivity index (χ3n) is 7.30. The number of carbonyl (C=O) groups is 2. The predicted molar refractivity (Wildman–Crippen MR) is 156 cm³/mol. The minimum atomic E-state index is -0.730. The molecule has 1 fully saturated rings. The van der Waals surface area contributed by atoms with Crippen molar-refractivity contribution in [1.82, 2.24) is 10.2 Å². The summed E-state index contributed by atoms with van der Waals surface area (Å²) in [6.07, 6.45) is 5.08. The molecule has 4 rings (SSSR count). The van der Waals surface area contributed by atoms with Crippen LogP contribution in [-0.2, 0) is 22.5 Å². The second-order valence-corrected chi connectivity index (χ2v) is 11.2. The average molecular weight is 567 g/mol. The van der Waals surface area contributed by atoms with Gasteiger partial charge in [0.15, 0.2) is 0 Å². The number of thioether (sulfide) groups is 1. The molecule has 0 aliphatic heterocycles. The minimum Gasteiger partial charge on any atom is -0.467 e. The van der Waals surface area contributed by atoms with Crippen LogP contribution in [0.2, 0.25) is 0 Å². The zero-order chi connectivity index (χ0) is 28.6. The summed E-state index contributed by atoms with van der Waals surface area (Å²) < 4.78 is 32.5. The lowest BCUT2D eigenvalue weighted by molar-refractivity contribution is -0.142. The second-order valence-electron chi connectivity index (χ2n) is 10.2. The van der Waals surface area contributed by atoms with Crippen molar-refractivity contribution in [1.29, 1.82) is 0 Å². The van der Waals surface area contributed by atoms with Gasteiger partial charge in [0.1, 0.15) is 17.7 Å². The zero-order valence-corrected chi connectivity index (χ0v) is 24.0. The van der Waals surface area contributed by atoms with E-state index in [1.807, 2.05) is 55.6 Å². The third kappa shape index (κ3) is 7.70. The van der Waals surface area contributed by atoms with Gasteiger partial charge in [-0.25, -0.2) is 13.6 Å². The molecule has 212 valence electrons. The molecule has 1 aliphatic rings. The molecule has 1 aliphatic carbocycles. The van der Waals surface area contributed by atoms with Gasteiger partial charge in [0, 0.05) is 30.8 Å². The quantitative estimate of drug-likeness (QED) is 0.251. The van der Waals surface area contributed by atoms with Gasteiger partial charge < -0.3 is 10.1 Å². The molecule has 3 aromatic rings. The molecule has 0 bridgehead atoms. The Morgan fingerprint density at radius 1 is 1.07 bits per heavy atom. The van der Waals surface area contributed by atoms with Gasteiger partial charge in [0.2, 0.25) is 0 Å². The van der Waals surface area contributed by atoms with Crippen molar-refractivity contribution < 1.29 is 23.1 Å². The normalized spacial score (nSPS) is 13.8. The van der Waals surface area contributed by atoms with E-state index in [0.717, 1.165) is 41.2 Å². The summed E-state index contributed by atoms with van der Waals surface area (Å²) in [4.78, 5) is 28.2. The molecule has 3 aromatic carbocycles. The van der Waals surface area contributed by atoms with Crippen LogP contribution in [0.25, 0.3) is 11.1 Å². The first-order valence-corrected chi connectivity index (χ1v) is 14.9. The van der Waals surface area contributed by atoms with Crippen LogP contribution in [0.15, 0.2) is 60.7 Å². The summed E-state index contributed by atoms with van der Waals surface area (Å²) >= 11 is 1.60. The van der Waals surface area contributed by atoms with Gasteiger partial charge in [0.25, 0.3) is 5.91 Å². The average Bonchev–Trinajstić information content (AvgIpc) is 3.79. The minimum absolute atomic E-state index is 0.327. The number of esters is 1. The molecule has 5 nitrogen and oxygen atoms in total. The molecule has 0 spiro atoms. The number of methoxy groups -OCH3 is 1. The Kier molecular flexibility index (Phi) is 10.3. The van der Waals surface area contributed by atoms with E-state index in [9.17, 15) is 18.4 Å². The standard InChI is InChI=1S/C32H36F2N2O3S/c1-21-6-4-5-7-26(21)28-18-22(8-13-27(28)31(37)35-30(15-17-40-3)32(38)39-2)20-36(25-11-12-25)16-14-23-9-10-24(33)19-29(23)34/h4-10,13,18-19,25,30H,11-12,14-17,20H2,1-3H3,(H,35,37)/t30-/m0/s1. The van der Waals surface area contributed by atoms with Gasteiger partial charge in [-0.1, -0.05) is 36.4 Å². The van der Waals surface area contributed by atoms with Crippen LogP contribution in [0.4, 0.5) is 8.78 Å². The first-order chi connectivity index (χ1) is 19.3. The SMILES string of the molecule is COC(=O)[C@H](CCSC)NC(=O)c1ccc(CN(CCc2ccc(F)cc2F)C2CC2)cc1-c1ccccc1C. The van der Waals surface area contributed by atoms with Gasteiger partial charge >= 0.3 is 5.97 Å². The number of aryl methyl sites for hydroxylation is 1. The Hall–Kier alpha value is -3.23. The summed E-state index contributed by atoms with van der Waals surface area (Å²) in [5.74, 6) is -1.17. The first-order valence-electron chi connectivity index (χ1n) is 13.5. The maximum atomic E-state index is 14.2. The lowest BCUT2D eigenvalue weighted by Crippen LogP contribution is -2.42. The Bertz CT molecular complexity index is 1350. The zero-order valence-electron chi connectivity index (χ0n) is 23.2. The van der Waals surface area contributed by atoms with Crippen molar-refractivity contribution in [2.24, 2.45) is 0 Å². The van der Waals surface area contributed by atoms with E-state index in [1.54, 1.807) is 11.8 Å². The molecule has 0 aromatic heterocycles. The number of hydrogen-bond donors (Lipinski definition) is 1. The van der Waals surface area contributed by atoms with Crippen LogP contribution in [0.5, 0.6) is 0 Å². The van der Waals surface area contributed by atoms with Gasteiger partial charge in [-0.05, 0) is 90.6 Å². The number of nitrogens with zero attached hydrogens (tertiary/aromatic N) is 1. The summed E-state index contributed by atoms with van der Waals surface area (Å²) in [7, 11) is 1.32. The maximum Gasteiger partial charge on any atom is 0.328 e. The van der Waals surface area contributed by atoms with E-state index >= 15 is 0 Å². The smallest absolute Gasteiger partial charge is 0.328 e. The predicted octanol–water partition coefficient (Wildman–Crippen LogP) is 6.17. The molecule has 0 saturated heterocycles. The van der Waals surface area contributed by atoms with E-state index in [-0.39, 0.29) is 5.91 Å². The Balaban J connectivity index is 1.59. The number of rotatable bonds is 13. The maximum absolute atomic E-state index is 14.2. The van der Waals surface area contributed by atoms with Gasteiger partial charge in [-0.3, -0.25) is 9.69 Å². The highest BCUT2D eigenvalue weighted by Gasteiger charge is 2.29. The van der Waals surface area contributed by atoms with Crippen LogP contribution < -0.4 is 5.32 Å². The van der Waals surface area contributed by atoms with Crippen LogP contribution in [0, 0.1) is 18.6 Å². The molecule has 40 heavy (non-hydrogen) atoms. The van der Waals surface area contributed by atoms with Crippen molar-refractivity contribution in [3.8, 4) is 11.1 Å². The molecular weight excluding hydrogens is 530 g/mol. The van der Waals surface area contributed by atoms with Crippen molar-refractivity contribution in [2.45, 2.75) is 51.2 Å². The van der Waals surface area contributed by atoms with E-state index in [4.69, 9.17) is 4.74 Å². The summed E-state index contributed by atoms with van der Waals surface area (Å²) in [5, 5.41) is 2.89. The highest BCUT2D eigenvalue weighted by molar-refractivity contribution is 7.98. The van der Waals surface area contributed by atoms with Crippen molar-refractivity contribution >= 4 is 23.6 Å². The largest absolute Gasteiger partial charge is 0.467 e.